The SMILES string of the molecule is Nc1c(Nc2ccccc2I)ccc2ncccc12. The van der Waals surface area contributed by atoms with Crippen molar-refractivity contribution in [3.05, 3.63) is 58.3 Å². The number of nitrogen functional groups attached to an aromatic ring is 1. The first-order valence-corrected chi connectivity index (χ1v) is 6.98. The van der Waals surface area contributed by atoms with E-state index in [1.165, 1.54) is 0 Å². The van der Waals surface area contributed by atoms with E-state index in [4.69, 9.17) is 5.73 Å². The number of para-hydroxylation sites is 1. The third kappa shape index (κ3) is 2.35. The molecule has 94 valence electrons. The summed E-state index contributed by atoms with van der Waals surface area (Å²) in [7, 11) is 0. The molecule has 0 saturated carbocycles. The largest absolute Gasteiger partial charge is 0.396 e. The minimum atomic E-state index is 0.727. The number of anilines is 3. The van der Waals surface area contributed by atoms with E-state index in [-0.39, 0.29) is 0 Å². The van der Waals surface area contributed by atoms with Crippen LogP contribution in [0, 0.1) is 3.57 Å². The topological polar surface area (TPSA) is 50.9 Å². The molecule has 1 aromatic heterocycles. The Labute approximate surface area is 125 Å². The molecular weight excluding hydrogens is 349 g/mol. The Bertz CT molecular complexity index is 740. The van der Waals surface area contributed by atoms with Gasteiger partial charge in [-0.1, -0.05) is 12.1 Å². The van der Waals surface area contributed by atoms with Gasteiger partial charge in [-0.2, -0.15) is 0 Å². The molecule has 1 heterocycles. The third-order valence-corrected chi connectivity index (χ3v) is 3.91. The molecule has 0 aliphatic carbocycles. The summed E-state index contributed by atoms with van der Waals surface area (Å²) in [5.41, 5.74) is 9.81. The maximum absolute atomic E-state index is 6.21. The Morgan fingerprint density at radius 3 is 2.63 bits per heavy atom. The number of pyridine rings is 1. The molecule has 0 fully saturated rings. The van der Waals surface area contributed by atoms with Gasteiger partial charge >= 0.3 is 0 Å². The van der Waals surface area contributed by atoms with Crippen molar-refractivity contribution in [3.8, 4) is 0 Å². The summed E-state index contributed by atoms with van der Waals surface area (Å²) in [6.07, 6.45) is 1.77. The van der Waals surface area contributed by atoms with Gasteiger partial charge in [-0.25, -0.2) is 0 Å². The summed E-state index contributed by atoms with van der Waals surface area (Å²) in [6.45, 7) is 0. The fourth-order valence-corrected chi connectivity index (χ4v) is 2.51. The summed E-state index contributed by atoms with van der Waals surface area (Å²) >= 11 is 2.30. The minimum Gasteiger partial charge on any atom is -0.396 e. The molecule has 0 radical (unpaired) electrons. The van der Waals surface area contributed by atoms with Crippen molar-refractivity contribution in [2.45, 2.75) is 0 Å². The van der Waals surface area contributed by atoms with Crippen LogP contribution in [0.4, 0.5) is 17.1 Å². The van der Waals surface area contributed by atoms with Crippen molar-refractivity contribution in [2.24, 2.45) is 0 Å². The van der Waals surface area contributed by atoms with E-state index in [0.29, 0.717) is 0 Å². The standard InChI is InChI=1S/C15H12IN3/c16-11-5-1-2-6-13(11)19-14-8-7-12-10(15(14)17)4-3-9-18-12/h1-9,19H,17H2. The number of hydrogen-bond acceptors (Lipinski definition) is 3. The Morgan fingerprint density at radius 2 is 1.79 bits per heavy atom. The summed E-state index contributed by atoms with van der Waals surface area (Å²) < 4.78 is 1.16. The molecular formula is C15H12IN3. The maximum atomic E-state index is 6.21. The molecule has 0 saturated heterocycles. The average molecular weight is 361 g/mol. The first kappa shape index (κ1) is 12.2. The predicted octanol–water partition coefficient (Wildman–Crippen LogP) is 4.17. The fourth-order valence-electron chi connectivity index (χ4n) is 1.99. The molecule has 0 spiro atoms. The van der Waals surface area contributed by atoms with Crippen LogP contribution in [0.3, 0.4) is 0 Å². The van der Waals surface area contributed by atoms with Crippen LogP contribution in [0.15, 0.2) is 54.7 Å². The molecule has 3 aromatic rings. The van der Waals surface area contributed by atoms with Gasteiger partial charge in [0.1, 0.15) is 0 Å². The molecule has 3 nitrogen and oxygen atoms in total. The van der Waals surface area contributed by atoms with Crippen LogP contribution >= 0.6 is 22.6 Å². The van der Waals surface area contributed by atoms with E-state index < -0.39 is 0 Å². The van der Waals surface area contributed by atoms with Gasteiger partial charge in [0.15, 0.2) is 0 Å². The molecule has 3 rings (SSSR count). The maximum Gasteiger partial charge on any atom is 0.0724 e. The first-order chi connectivity index (χ1) is 9.25. The lowest BCUT2D eigenvalue weighted by Crippen LogP contribution is -1.98. The van der Waals surface area contributed by atoms with Crippen LogP contribution in [-0.2, 0) is 0 Å². The second-order valence-corrected chi connectivity index (χ2v) is 5.36. The molecule has 0 bridgehead atoms. The van der Waals surface area contributed by atoms with Crippen molar-refractivity contribution in [1.29, 1.82) is 0 Å². The number of aromatic nitrogens is 1. The number of nitrogens with two attached hydrogens (primary N) is 1. The number of hydrogen-bond donors (Lipinski definition) is 2. The van der Waals surface area contributed by atoms with E-state index in [9.17, 15) is 0 Å². The van der Waals surface area contributed by atoms with Crippen molar-refractivity contribution >= 4 is 50.6 Å². The zero-order chi connectivity index (χ0) is 13.2. The van der Waals surface area contributed by atoms with Gasteiger partial charge in [0.2, 0.25) is 0 Å². The van der Waals surface area contributed by atoms with Gasteiger partial charge < -0.3 is 11.1 Å². The number of rotatable bonds is 2. The summed E-state index contributed by atoms with van der Waals surface area (Å²) in [6, 6.07) is 15.9. The number of benzene rings is 2. The van der Waals surface area contributed by atoms with Crippen LogP contribution in [0.2, 0.25) is 0 Å². The summed E-state index contributed by atoms with van der Waals surface area (Å²) in [4.78, 5) is 4.30. The smallest absolute Gasteiger partial charge is 0.0724 e. The lowest BCUT2D eigenvalue weighted by Gasteiger charge is -2.12. The summed E-state index contributed by atoms with van der Waals surface area (Å²) in [5.74, 6) is 0. The quantitative estimate of drug-likeness (QED) is 0.532. The van der Waals surface area contributed by atoms with Crippen molar-refractivity contribution in [1.82, 2.24) is 4.98 Å². The minimum absolute atomic E-state index is 0.727. The van der Waals surface area contributed by atoms with Crippen LogP contribution in [0.1, 0.15) is 0 Å². The predicted molar refractivity (Wildman–Crippen MR) is 88.6 cm³/mol. The molecule has 0 unspecified atom stereocenters. The van der Waals surface area contributed by atoms with Gasteiger partial charge in [0.05, 0.1) is 22.6 Å². The molecule has 3 N–H and O–H groups in total. The van der Waals surface area contributed by atoms with Crippen molar-refractivity contribution < 1.29 is 0 Å². The highest BCUT2D eigenvalue weighted by molar-refractivity contribution is 14.1. The fraction of sp³-hybridized carbons (Fsp3) is 0. The molecule has 2 aromatic carbocycles. The van der Waals surface area contributed by atoms with E-state index >= 15 is 0 Å². The van der Waals surface area contributed by atoms with Crippen molar-refractivity contribution in [3.63, 3.8) is 0 Å². The number of halogens is 1. The zero-order valence-corrected chi connectivity index (χ0v) is 12.3. The van der Waals surface area contributed by atoms with Gasteiger partial charge in [0.25, 0.3) is 0 Å². The molecule has 19 heavy (non-hydrogen) atoms. The molecule has 0 aliphatic heterocycles. The highest BCUT2D eigenvalue weighted by Crippen LogP contribution is 2.31. The molecule has 0 amide bonds. The third-order valence-electron chi connectivity index (χ3n) is 2.97. The molecule has 4 heteroatoms. The Hall–Kier alpha value is -1.82. The van der Waals surface area contributed by atoms with Crippen LogP contribution in [0.5, 0.6) is 0 Å². The van der Waals surface area contributed by atoms with E-state index in [1.54, 1.807) is 6.20 Å². The lowest BCUT2D eigenvalue weighted by molar-refractivity contribution is 1.41. The Morgan fingerprint density at radius 1 is 0.947 bits per heavy atom. The number of fused-ring (bicyclic) bond motifs is 1. The van der Waals surface area contributed by atoms with Gasteiger partial charge in [-0.15, -0.1) is 0 Å². The van der Waals surface area contributed by atoms with Gasteiger partial charge in [0, 0.05) is 15.2 Å². The monoisotopic (exact) mass is 361 g/mol. The van der Waals surface area contributed by atoms with Gasteiger partial charge in [-0.05, 0) is 59.0 Å². The van der Waals surface area contributed by atoms with E-state index in [2.05, 4.69) is 39.0 Å². The van der Waals surface area contributed by atoms with Crippen LogP contribution in [0.25, 0.3) is 10.9 Å². The second-order valence-electron chi connectivity index (χ2n) is 4.20. The second kappa shape index (κ2) is 5.05. The number of nitrogens with zero attached hydrogens (tertiary/aromatic N) is 1. The first-order valence-electron chi connectivity index (χ1n) is 5.90. The van der Waals surface area contributed by atoms with Crippen molar-refractivity contribution in [2.75, 3.05) is 11.1 Å². The van der Waals surface area contributed by atoms with E-state index in [1.807, 2.05) is 42.5 Å². The Balaban J connectivity index is 2.07. The lowest BCUT2D eigenvalue weighted by atomic mass is 10.1. The average Bonchev–Trinajstić information content (AvgIpc) is 2.44. The van der Waals surface area contributed by atoms with Gasteiger partial charge in [-0.3, -0.25) is 4.98 Å². The summed E-state index contributed by atoms with van der Waals surface area (Å²) in [5, 5.41) is 4.34. The van der Waals surface area contributed by atoms with E-state index in [0.717, 1.165) is 31.5 Å². The zero-order valence-electron chi connectivity index (χ0n) is 10.1. The van der Waals surface area contributed by atoms with Crippen LogP contribution in [-0.4, -0.2) is 4.98 Å². The normalized spacial score (nSPS) is 10.6. The number of nitrogens with one attached hydrogen (secondary N) is 1. The highest BCUT2D eigenvalue weighted by Gasteiger charge is 2.06. The molecule has 0 aliphatic rings. The highest BCUT2D eigenvalue weighted by atomic mass is 127. The molecule has 0 atom stereocenters. The Kier molecular flexibility index (Phi) is 3.25. The van der Waals surface area contributed by atoms with Crippen LogP contribution < -0.4 is 11.1 Å².